The van der Waals surface area contributed by atoms with Gasteiger partial charge < -0.3 is 10.6 Å². The van der Waals surface area contributed by atoms with Crippen LogP contribution in [0.25, 0.3) is 0 Å². The summed E-state index contributed by atoms with van der Waals surface area (Å²) < 4.78 is 0. The topological polar surface area (TPSA) is 41.1 Å². The molecule has 1 amide bonds. The molecular formula is C18H27ClN2O. The zero-order valence-corrected chi connectivity index (χ0v) is 14.2. The lowest BCUT2D eigenvalue weighted by Gasteiger charge is -2.34. The van der Waals surface area contributed by atoms with Crippen LogP contribution in [0, 0.1) is 5.92 Å². The zero-order valence-electron chi connectivity index (χ0n) is 13.4. The number of nitrogens with one attached hydrogen (secondary N) is 2. The van der Waals surface area contributed by atoms with Gasteiger partial charge in [0.05, 0.1) is 5.41 Å². The molecule has 1 aliphatic carbocycles. The van der Waals surface area contributed by atoms with Crippen molar-refractivity contribution in [3.8, 4) is 0 Å². The van der Waals surface area contributed by atoms with Crippen molar-refractivity contribution in [2.75, 3.05) is 19.6 Å². The summed E-state index contributed by atoms with van der Waals surface area (Å²) in [5, 5.41) is 6.58. The summed E-state index contributed by atoms with van der Waals surface area (Å²) in [4.78, 5) is 12.7. The molecule has 3 nitrogen and oxygen atoms in total. The number of benzene rings is 1. The second-order valence-electron chi connectivity index (χ2n) is 6.75. The van der Waals surface area contributed by atoms with E-state index < -0.39 is 0 Å². The largest absolute Gasteiger partial charge is 0.355 e. The average molecular weight is 323 g/mol. The van der Waals surface area contributed by atoms with Crippen LogP contribution in [-0.2, 0) is 16.6 Å². The van der Waals surface area contributed by atoms with Gasteiger partial charge in [-0.3, -0.25) is 4.79 Å². The molecule has 2 atom stereocenters. The maximum Gasteiger partial charge on any atom is 0.230 e. The Hall–Kier alpha value is -1.06. The maximum absolute atomic E-state index is 12.7. The molecule has 0 spiro atoms. The van der Waals surface area contributed by atoms with Crippen LogP contribution in [0.2, 0.25) is 0 Å². The Bertz CT molecular complexity index is 514. The van der Waals surface area contributed by atoms with Crippen LogP contribution >= 0.6 is 12.4 Å². The van der Waals surface area contributed by atoms with Gasteiger partial charge in [-0.25, -0.2) is 0 Å². The summed E-state index contributed by atoms with van der Waals surface area (Å²) >= 11 is 0. The minimum Gasteiger partial charge on any atom is -0.355 e. The maximum atomic E-state index is 12.7. The van der Waals surface area contributed by atoms with Crippen molar-refractivity contribution in [1.29, 1.82) is 0 Å². The van der Waals surface area contributed by atoms with Crippen LogP contribution < -0.4 is 10.6 Å². The molecule has 1 aliphatic heterocycles. The Labute approximate surface area is 139 Å². The van der Waals surface area contributed by atoms with Crippen molar-refractivity contribution < 1.29 is 4.79 Å². The fourth-order valence-corrected chi connectivity index (χ4v) is 3.83. The number of fused-ring (bicyclic) bond motifs is 1. The standard InChI is InChI=1S/C18H26N2O.ClH/c1-18(10-4-6-15-5-2-3-7-16(15)18)17(21)20-12-9-14-8-11-19-13-14;/h2-3,5,7,14,19H,4,6,8-13H2,1H3,(H,20,21);1H. The second kappa shape index (κ2) is 7.47. The van der Waals surface area contributed by atoms with E-state index in [1.54, 1.807) is 0 Å². The lowest BCUT2D eigenvalue weighted by atomic mass is 9.70. The number of rotatable bonds is 4. The highest BCUT2D eigenvalue weighted by molar-refractivity contribution is 5.88. The summed E-state index contributed by atoms with van der Waals surface area (Å²) in [5.74, 6) is 0.942. The first kappa shape index (κ1) is 17.3. The van der Waals surface area contributed by atoms with Gasteiger partial charge in [0, 0.05) is 6.54 Å². The van der Waals surface area contributed by atoms with Gasteiger partial charge in [-0.1, -0.05) is 24.3 Å². The highest BCUT2D eigenvalue weighted by atomic mass is 35.5. The van der Waals surface area contributed by atoms with Crippen molar-refractivity contribution in [1.82, 2.24) is 10.6 Å². The molecule has 0 aromatic heterocycles. The first-order valence-electron chi connectivity index (χ1n) is 8.27. The number of carbonyl (C=O) groups excluding carboxylic acids is 1. The molecule has 1 saturated heterocycles. The van der Waals surface area contributed by atoms with E-state index in [1.165, 1.54) is 17.5 Å². The number of aryl methyl sites for hydroxylation is 1. The molecule has 0 radical (unpaired) electrons. The SMILES string of the molecule is CC1(C(=O)NCCC2CCNC2)CCCc2ccccc21.Cl. The summed E-state index contributed by atoms with van der Waals surface area (Å²) in [5.41, 5.74) is 2.24. The molecular weight excluding hydrogens is 296 g/mol. The molecule has 0 bridgehead atoms. The lowest BCUT2D eigenvalue weighted by molar-refractivity contribution is -0.126. The Balaban J connectivity index is 0.00000176. The Morgan fingerprint density at radius 2 is 2.23 bits per heavy atom. The van der Waals surface area contributed by atoms with Crippen LogP contribution in [0.5, 0.6) is 0 Å². The van der Waals surface area contributed by atoms with E-state index in [0.29, 0.717) is 0 Å². The van der Waals surface area contributed by atoms with Crippen molar-refractivity contribution in [3.05, 3.63) is 35.4 Å². The summed E-state index contributed by atoms with van der Waals surface area (Å²) in [6.45, 7) is 5.15. The second-order valence-corrected chi connectivity index (χ2v) is 6.75. The molecule has 2 N–H and O–H groups in total. The van der Waals surface area contributed by atoms with Gasteiger partial charge in [-0.15, -0.1) is 12.4 Å². The van der Waals surface area contributed by atoms with E-state index in [2.05, 4.69) is 41.8 Å². The highest BCUT2D eigenvalue weighted by Gasteiger charge is 2.38. The minimum atomic E-state index is -0.344. The van der Waals surface area contributed by atoms with Gasteiger partial charge in [0.15, 0.2) is 0 Å². The molecule has 0 saturated carbocycles. The molecule has 4 heteroatoms. The van der Waals surface area contributed by atoms with Crippen LogP contribution in [0.15, 0.2) is 24.3 Å². The van der Waals surface area contributed by atoms with E-state index in [9.17, 15) is 4.79 Å². The van der Waals surface area contributed by atoms with Crippen molar-refractivity contribution in [2.45, 2.75) is 44.4 Å². The van der Waals surface area contributed by atoms with Gasteiger partial charge in [0.25, 0.3) is 0 Å². The van der Waals surface area contributed by atoms with Crippen molar-refractivity contribution in [3.63, 3.8) is 0 Å². The van der Waals surface area contributed by atoms with Crippen LogP contribution in [-0.4, -0.2) is 25.5 Å². The first-order chi connectivity index (χ1) is 10.2. The molecule has 1 aromatic rings. The van der Waals surface area contributed by atoms with Gasteiger partial charge >= 0.3 is 0 Å². The third-order valence-electron chi connectivity index (χ3n) is 5.24. The fraction of sp³-hybridized carbons (Fsp3) is 0.611. The van der Waals surface area contributed by atoms with E-state index in [1.807, 2.05) is 0 Å². The summed E-state index contributed by atoms with van der Waals surface area (Å²) in [6.07, 6.45) is 5.51. The Morgan fingerprint density at radius 3 is 3.00 bits per heavy atom. The molecule has 1 fully saturated rings. The average Bonchev–Trinajstić information content (AvgIpc) is 3.01. The van der Waals surface area contributed by atoms with E-state index in [4.69, 9.17) is 0 Å². The minimum absolute atomic E-state index is 0. The van der Waals surface area contributed by atoms with Crippen molar-refractivity contribution >= 4 is 18.3 Å². The highest BCUT2D eigenvalue weighted by Crippen LogP contribution is 2.37. The summed E-state index contributed by atoms with van der Waals surface area (Å²) in [6, 6.07) is 8.44. The normalized spacial score (nSPS) is 26.9. The third kappa shape index (κ3) is 3.47. The quantitative estimate of drug-likeness (QED) is 0.895. The number of hydrogen-bond acceptors (Lipinski definition) is 2. The molecule has 2 aliphatic rings. The molecule has 22 heavy (non-hydrogen) atoms. The molecule has 1 heterocycles. The fourth-order valence-electron chi connectivity index (χ4n) is 3.83. The number of amides is 1. The van der Waals surface area contributed by atoms with Gasteiger partial charge in [0.1, 0.15) is 0 Å². The van der Waals surface area contributed by atoms with Gasteiger partial charge in [0.2, 0.25) is 5.91 Å². The summed E-state index contributed by atoms with van der Waals surface area (Å²) in [7, 11) is 0. The van der Waals surface area contributed by atoms with E-state index >= 15 is 0 Å². The van der Waals surface area contributed by atoms with Crippen LogP contribution in [0.1, 0.15) is 43.7 Å². The van der Waals surface area contributed by atoms with Crippen molar-refractivity contribution in [2.24, 2.45) is 5.92 Å². The third-order valence-corrected chi connectivity index (χ3v) is 5.24. The lowest BCUT2D eigenvalue weighted by Crippen LogP contribution is -2.45. The van der Waals surface area contributed by atoms with E-state index in [0.717, 1.165) is 51.2 Å². The van der Waals surface area contributed by atoms with Crippen LogP contribution in [0.4, 0.5) is 0 Å². The Morgan fingerprint density at radius 1 is 1.41 bits per heavy atom. The van der Waals surface area contributed by atoms with E-state index in [-0.39, 0.29) is 23.7 Å². The number of carbonyl (C=O) groups is 1. The molecule has 3 rings (SSSR count). The smallest absolute Gasteiger partial charge is 0.230 e. The van der Waals surface area contributed by atoms with Crippen LogP contribution in [0.3, 0.4) is 0 Å². The molecule has 1 aromatic carbocycles. The van der Waals surface area contributed by atoms with Gasteiger partial charge in [-0.05, 0) is 69.2 Å². The first-order valence-corrected chi connectivity index (χ1v) is 8.27. The molecule has 2 unspecified atom stereocenters. The predicted molar refractivity (Wildman–Crippen MR) is 92.6 cm³/mol. The Kier molecular flexibility index (Phi) is 5.87. The predicted octanol–water partition coefficient (Wildman–Crippen LogP) is 2.82. The zero-order chi connectivity index (χ0) is 14.7. The van der Waals surface area contributed by atoms with Gasteiger partial charge in [-0.2, -0.15) is 0 Å². The number of halogens is 1. The number of hydrogen-bond donors (Lipinski definition) is 2. The molecule has 122 valence electrons. The monoisotopic (exact) mass is 322 g/mol.